The predicted molar refractivity (Wildman–Crippen MR) is 110 cm³/mol. The largest absolute Gasteiger partial charge is 0.493 e. The SMILES string of the molecule is COc1cc(C(C)=O)ccc1OCC(=O)Nc1ccc(CN2CCOCC2)cc1. The number of rotatable bonds is 8. The van der Waals surface area contributed by atoms with Crippen molar-refractivity contribution in [1.82, 2.24) is 4.90 Å². The number of benzene rings is 2. The number of hydrogen-bond acceptors (Lipinski definition) is 6. The second kappa shape index (κ2) is 10.0. The molecule has 1 aliphatic rings. The molecule has 0 unspecified atom stereocenters. The smallest absolute Gasteiger partial charge is 0.262 e. The molecule has 0 aromatic heterocycles. The minimum Gasteiger partial charge on any atom is -0.493 e. The molecule has 0 atom stereocenters. The van der Waals surface area contributed by atoms with Gasteiger partial charge in [0.2, 0.25) is 0 Å². The minimum absolute atomic E-state index is 0.0651. The van der Waals surface area contributed by atoms with Crippen LogP contribution in [0.25, 0.3) is 0 Å². The molecule has 29 heavy (non-hydrogen) atoms. The maximum Gasteiger partial charge on any atom is 0.262 e. The number of anilines is 1. The fourth-order valence-corrected chi connectivity index (χ4v) is 3.06. The molecule has 1 heterocycles. The Morgan fingerprint density at radius 2 is 1.79 bits per heavy atom. The Balaban J connectivity index is 1.51. The van der Waals surface area contributed by atoms with Crippen LogP contribution in [0.2, 0.25) is 0 Å². The van der Waals surface area contributed by atoms with Crippen LogP contribution in [0.1, 0.15) is 22.8 Å². The summed E-state index contributed by atoms with van der Waals surface area (Å²) in [5.41, 5.74) is 2.43. The zero-order valence-electron chi connectivity index (χ0n) is 16.8. The van der Waals surface area contributed by atoms with Crippen LogP contribution in [-0.4, -0.2) is 56.6 Å². The fraction of sp³-hybridized carbons (Fsp3) is 0.364. The number of nitrogens with zero attached hydrogens (tertiary/aromatic N) is 1. The van der Waals surface area contributed by atoms with Crippen molar-refractivity contribution in [2.45, 2.75) is 13.5 Å². The first-order valence-electron chi connectivity index (χ1n) is 9.56. The lowest BCUT2D eigenvalue weighted by molar-refractivity contribution is -0.118. The van der Waals surface area contributed by atoms with Gasteiger partial charge in [-0.25, -0.2) is 0 Å². The van der Waals surface area contributed by atoms with Crippen LogP contribution in [-0.2, 0) is 16.1 Å². The first-order valence-corrected chi connectivity index (χ1v) is 9.56. The number of carbonyl (C=O) groups excluding carboxylic acids is 2. The topological polar surface area (TPSA) is 77.1 Å². The van der Waals surface area contributed by atoms with Gasteiger partial charge in [-0.3, -0.25) is 14.5 Å². The molecule has 1 N–H and O–H groups in total. The Hall–Kier alpha value is -2.90. The summed E-state index contributed by atoms with van der Waals surface area (Å²) in [7, 11) is 1.49. The molecule has 7 nitrogen and oxygen atoms in total. The van der Waals surface area contributed by atoms with Crippen molar-refractivity contribution < 1.29 is 23.8 Å². The third kappa shape index (κ3) is 6.04. The van der Waals surface area contributed by atoms with Crippen LogP contribution in [0, 0.1) is 0 Å². The molecular formula is C22H26N2O5. The Kier molecular flexibility index (Phi) is 7.21. The average Bonchev–Trinajstić information content (AvgIpc) is 2.74. The number of ketones is 1. The van der Waals surface area contributed by atoms with Gasteiger partial charge in [-0.2, -0.15) is 0 Å². The highest BCUT2D eigenvalue weighted by molar-refractivity contribution is 5.95. The highest BCUT2D eigenvalue weighted by Gasteiger charge is 2.12. The van der Waals surface area contributed by atoms with E-state index in [1.807, 2.05) is 24.3 Å². The maximum atomic E-state index is 12.2. The molecule has 3 rings (SSSR count). The third-order valence-electron chi connectivity index (χ3n) is 4.68. The molecule has 2 aromatic carbocycles. The van der Waals surface area contributed by atoms with E-state index in [4.69, 9.17) is 14.2 Å². The Labute approximate surface area is 170 Å². The van der Waals surface area contributed by atoms with Crippen molar-refractivity contribution in [3.63, 3.8) is 0 Å². The molecule has 154 valence electrons. The number of ether oxygens (including phenoxy) is 3. The summed E-state index contributed by atoms with van der Waals surface area (Å²) in [5, 5.41) is 2.82. The molecule has 0 radical (unpaired) electrons. The fourth-order valence-electron chi connectivity index (χ4n) is 3.06. The van der Waals surface area contributed by atoms with Gasteiger partial charge in [-0.05, 0) is 42.8 Å². The molecule has 1 aliphatic heterocycles. The molecule has 0 saturated carbocycles. The Morgan fingerprint density at radius 1 is 1.07 bits per heavy atom. The Bertz CT molecular complexity index is 845. The third-order valence-corrected chi connectivity index (χ3v) is 4.68. The molecule has 7 heteroatoms. The van der Waals surface area contributed by atoms with Crippen LogP contribution in [0.4, 0.5) is 5.69 Å². The molecule has 0 spiro atoms. The van der Waals surface area contributed by atoms with Gasteiger partial charge < -0.3 is 19.5 Å². The van der Waals surface area contributed by atoms with E-state index in [2.05, 4.69) is 10.2 Å². The normalized spacial score (nSPS) is 14.3. The lowest BCUT2D eigenvalue weighted by Crippen LogP contribution is -2.35. The molecule has 0 aliphatic carbocycles. The zero-order chi connectivity index (χ0) is 20.6. The van der Waals surface area contributed by atoms with Crippen molar-refractivity contribution in [2.24, 2.45) is 0 Å². The second-order valence-electron chi connectivity index (χ2n) is 6.84. The van der Waals surface area contributed by atoms with E-state index in [1.165, 1.54) is 19.6 Å². The van der Waals surface area contributed by atoms with Crippen LogP contribution in [0.3, 0.4) is 0 Å². The maximum absolute atomic E-state index is 12.2. The summed E-state index contributed by atoms with van der Waals surface area (Å²) in [6.45, 7) is 5.61. The van der Waals surface area contributed by atoms with Crippen LogP contribution in [0.5, 0.6) is 11.5 Å². The van der Waals surface area contributed by atoms with E-state index in [9.17, 15) is 9.59 Å². The second-order valence-corrected chi connectivity index (χ2v) is 6.84. The van der Waals surface area contributed by atoms with Crippen molar-refractivity contribution in [3.05, 3.63) is 53.6 Å². The molecule has 2 aromatic rings. The van der Waals surface area contributed by atoms with Gasteiger partial charge >= 0.3 is 0 Å². The summed E-state index contributed by atoms with van der Waals surface area (Å²) in [6.07, 6.45) is 0. The lowest BCUT2D eigenvalue weighted by atomic mass is 10.1. The van der Waals surface area contributed by atoms with Gasteiger partial charge in [0.25, 0.3) is 5.91 Å². The summed E-state index contributed by atoms with van der Waals surface area (Å²) < 4.78 is 16.2. The molecule has 1 amide bonds. The lowest BCUT2D eigenvalue weighted by Gasteiger charge is -2.26. The number of morpholine rings is 1. The summed E-state index contributed by atoms with van der Waals surface area (Å²) in [6, 6.07) is 12.7. The van der Waals surface area contributed by atoms with Crippen molar-refractivity contribution >= 4 is 17.4 Å². The standard InChI is InChI=1S/C22H26N2O5/c1-16(25)18-5-8-20(21(13-18)27-2)29-15-22(26)23-19-6-3-17(4-7-19)14-24-9-11-28-12-10-24/h3-8,13H,9-12,14-15H2,1-2H3,(H,23,26). The summed E-state index contributed by atoms with van der Waals surface area (Å²) in [4.78, 5) is 26.0. The average molecular weight is 398 g/mol. The number of Topliss-reactive ketones (excluding diaryl/α,β-unsaturated/α-hetero) is 1. The monoisotopic (exact) mass is 398 g/mol. The summed E-state index contributed by atoms with van der Waals surface area (Å²) >= 11 is 0. The van der Waals surface area contributed by atoms with Gasteiger partial charge in [0.1, 0.15) is 0 Å². The Morgan fingerprint density at radius 3 is 2.45 bits per heavy atom. The van der Waals surface area contributed by atoms with Crippen LogP contribution < -0.4 is 14.8 Å². The van der Waals surface area contributed by atoms with E-state index >= 15 is 0 Å². The quantitative estimate of drug-likeness (QED) is 0.689. The van der Waals surface area contributed by atoms with Gasteiger partial charge in [-0.1, -0.05) is 12.1 Å². The van der Waals surface area contributed by atoms with Gasteiger partial charge in [0, 0.05) is 30.9 Å². The van der Waals surface area contributed by atoms with Crippen LogP contribution >= 0.6 is 0 Å². The minimum atomic E-state index is -0.274. The van der Waals surface area contributed by atoms with Crippen molar-refractivity contribution in [3.8, 4) is 11.5 Å². The van der Waals surface area contributed by atoms with E-state index in [0.717, 1.165) is 32.8 Å². The number of amides is 1. The molecule has 1 saturated heterocycles. The van der Waals surface area contributed by atoms with E-state index < -0.39 is 0 Å². The first-order chi connectivity index (χ1) is 14.0. The van der Waals surface area contributed by atoms with Gasteiger partial charge in [0.15, 0.2) is 23.9 Å². The van der Waals surface area contributed by atoms with Crippen LogP contribution in [0.15, 0.2) is 42.5 Å². The van der Waals surface area contributed by atoms with Gasteiger partial charge in [-0.15, -0.1) is 0 Å². The number of hydrogen-bond donors (Lipinski definition) is 1. The number of carbonyl (C=O) groups is 2. The van der Waals surface area contributed by atoms with E-state index in [1.54, 1.807) is 18.2 Å². The number of methoxy groups -OCH3 is 1. The number of nitrogens with one attached hydrogen (secondary N) is 1. The highest BCUT2D eigenvalue weighted by atomic mass is 16.5. The van der Waals surface area contributed by atoms with E-state index in [-0.39, 0.29) is 18.3 Å². The van der Waals surface area contributed by atoms with Gasteiger partial charge in [0.05, 0.1) is 20.3 Å². The summed E-state index contributed by atoms with van der Waals surface area (Å²) in [5.74, 6) is 0.486. The van der Waals surface area contributed by atoms with Crippen molar-refractivity contribution in [2.75, 3.05) is 45.3 Å². The highest BCUT2D eigenvalue weighted by Crippen LogP contribution is 2.28. The predicted octanol–water partition coefficient (Wildman–Crippen LogP) is 2.75. The molecule has 1 fully saturated rings. The first kappa shape index (κ1) is 20.8. The zero-order valence-corrected chi connectivity index (χ0v) is 16.8. The van der Waals surface area contributed by atoms with Crippen molar-refractivity contribution in [1.29, 1.82) is 0 Å². The molecular weight excluding hydrogens is 372 g/mol. The van der Waals surface area contributed by atoms with E-state index in [0.29, 0.717) is 22.7 Å². The molecule has 0 bridgehead atoms.